The van der Waals surface area contributed by atoms with E-state index in [1.807, 2.05) is 13.0 Å². The molecule has 0 unspecified atom stereocenters. The summed E-state index contributed by atoms with van der Waals surface area (Å²) in [5.74, 6) is -0.321. The highest BCUT2D eigenvalue weighted by Gasteiger charge is 2.08. The zero-order chi connectivity index (χ0) is 12.4. The monoisotopic (exact) mass is 246 g/mol. The van der Waals surface area contributed by atoms with Crippen LogP contribution in [-0.4, -0.2) is 10.9 Å². The molecule has 6 heteroatoms. The number of fused-ring (bicyclic) bond motifs is 1. The first kappa shape index (κ1) is 11.4. The van der Waals surface area contributed by atoms with Crippen molar-refractivity contribution in [1.82, 2.24) is 4.98 Å². The molecule has 3 N–H and O–H groups in total. The Morgan fingerprint density at radius 1 is 1.65 bits per heavy atom. The van der Waals surface area contributed by atoms with Gasteiger partial charge in [-0.2, -0.15) is 5.26 Å². The van der Waals surface area contributed by atoms with Crippen molar-refractivity contribution in [1.29, 1.82) is 5.26 Å². The average Bonchev–Trinajstić information content (AvgIpc) is 2.58. The van der Waals surface area contributed by atoms with Crippen LogP contribution in [0.15, 0.2) is 12.1 Å². The largest absolute Gasteiger partial charge is 0.375 e. The summed E-state index contributed by atoms with van der Waals surface area (Å²) in [6.07, 6.45) is -0.156. The van der Waals surface area contributed by atoms with Gasteiger partial charge in [0.25, 0.3) is 0 Å². The summed E-state index contributed by atoms with van der Waals surface area (Å²) in [6.45, 7) is 1.89. The van der Waals surface area contributed by atoms with Crippen LogP contribution in [0.25, 0.3) is 10.2 Å². The molecule has 0 saturated heterocycles. The van der Waals surface area contributed by atoms with Gasteiger partial charge in [-0.3, -0.25) is 4.79 Å². The number of hydrogen-bond acceptors (Lipinski definition) is 5. The van der Waals surface area contributed by atoms with Gasteiger partial charge in [0.05, 0.1) is 16.3 Å². The molecule has 0 atom stereocenters. The standard InChI is InChI=1S/C11H10N4OS/c1-6-4-9-8(15-11(13)17-9)5-7(6)14-10(16)2-3-12/h4-5H,2H2,1H3,(H2,13,15)(H,14,16). The summed E-state index contributed by atoms with van der Waals surface area (Å²) in [5.41, 5.74) is 7.96. The van der Waals surface area contributed by atoms with Crippen molar-refractivity contribution in [2.24, 2.45) is 0 Å². The Bertz CT molecular complexity index is 626. The maximum atomic E-state index is 11.3. The highest BCUT2D eigenvalue weighted by Crippen LogP contribution is 2.29. The summed E-state index contributed by atoms with van der Waals surface area (Å²) in [7, 11) is 0. The van der Waals surface area contributed by atoms with E-state index < -0.39 is 0 Å². The molecule has 5 nitrogen and oxygen atoms in total. The number of anilines is 2. The minimum atomic E-state index is -0.321. The molecule has 0 bridgehead atoms. The van der Waals surface area contributed by atoms with Gasteiger partial charge < -0.3 is 11.1 Å². The number of carbonyl (C=O) groups excluding carboxylic acids is 1. The molecule has 0 spiro atoms. The number of benzene rings is 1. The lowest BCUT2D eigenvalue weighted by molar-refractivity contribution is -0.115. The van der Waals surface area contributed by atoms with E-state index >= 15 is 0 Å². The Morgan fingerprint density at radius 2 is 2.41 bits per heavy atom. The van der Waals surface area contributed by atoms with Crippen molar-refractivity contribution in [2.45, 2.75) is 13.3 Å². The summed E-state index contributed by atoms with van der Waals surface area (Å²) >= 11 is 1.41. The van der Waals surface area contributed by atoms with Crippen LogP contribution in [0.4, 0.5) is 10.8 Å². The number of nitriles is 1. The zero-order valence-corrected chi connectivity index (χ0v) is 9.97. The van der Waals surface area contributed by atoms with Gasteiger partial charge in [0, 0.05) is 5.69 Å². The number of rotatable bonds is 2. The minimum absolute atomic E-state index is 0.156. The number of amides is 1. The maximum absolute atomic E-state index is 11.3. The van der Waals surface area contributed by atoms with E-state index in [4.69, 9.17) is 11.0 Å². The second-order valence-electron chi connectivity index (χ2n) is 3.57. The van der Waals surface area contributed by atoms with Crippen molar-refractivity contribution in [3.05, 3.63) is 17.7 Å². The Kier molecular flexibility index (Phi) is 2.93. The third kappa shape index (κ3) is 2.34. The highest BCUT2D eigenvalue weighted by atomic mass is 32.1. The molecule has 0 aliphatic carbocycles. The van der Waals surface area contributed by atoms with E-state index in [1.54, 1.807) is 12.1 Å². The van der Waals surface area contributed by atoms with Gasteiger partial charge in [-0.1, -0.05) is 11.3 Å². The molecule has 1 aromatic heterocycles. The summed E-state index contributed by atoms with van der Waals surface area (Å²) < 4.78 is 0.985. The predicted molar refractivity (Wildman–Crippen MR) is 67.6 cm³/mol. The van der Waals surface area contributed by atoms with Gasteiger partial charge >= 0.3 is 0 Å². The van der Waals surface area contributed by atoms with Gasteiger partial charge in [-0.25, -0.2) is 4.98 Å². The minimum Gasteiger partial charge on any atom is -0.375 e. The van der Waals surface area contributed by atoms with Crippen LogP contribution in [0, 0.1) is 18.3 Å². The van der Waals surface area contributed by atoms with Gasteiger partial charge in [-0.05, 0) is 24.6 Å². The van der Waals surface area contributed by atoms with E-state index in [1.165, 1.54) is 11.3 Å². The number of aromatic nitrogens is 1. The van der Waals surface area contributed by atoms with Gasteiger partial charge in [-0.15, -0.1) is 0 Å². The Morgan fingerprint density at radius 3 is 3.12 bits per heavy atom. The fraction of sp³-hybridized carbons (Fsp3) is 0.182. The summed E-state index contributed by atoms with van der Waals surface area (Å²) in [4.78, 5) is 15.5. The highest BCUT2D eigenvalue weighted by molar-refractivity contribution is 7.22. The Labute approximate surface area is 102 Å². The van der Waals surface area contributed by atoms with Crippen LogP contribution >= 0.6 is 11.3 Å². The Hall–Kier alpha value is -2.13. The number of thiazole rings is 1. The molecule has 1 aromatic carbocycles. The summed E-state index contributed by atoms with van der Waals surface area (Å²) in [5, 5.41) is 11.6. The molecule has 0 radical (unpaired) electrons. The second-order valence-corrected chi connectivity index (χ2v) is 4.63. The number of nitrogens with two attached hydrogens (primary N) is 1. The molecular weight excluding hydrogens is 236 g/mol. The third-order valence-electron chi connectivity index (χ3n) is 2.26. The van der Waals surface area contributed by atoms with E-state index in [0.717, 1.165) is 15.8 Å². The molecule has 2 rings (SSSR count). The SMILES string of the molecule is Cc1cc2sc(N)nc2cc1NC(=O)CC#N. The maximum Gasteiger partial charge on any atom is 0.238 e. The summed E-state index contributed by atoms with van der Waals surface area (Å²) in [6, 6.07) is 5.50. The number of nitrogens with one attached hydrogen (secondary N) is 1. The van der Waals surface area contributed by atoms with E-state index in [9.17, 15) is 4.79 Å². The second kappa shape index (κ2) is 4.39. The number of carbonyl (C=O) groups is 1. The molecule has 0 aliphatic heterocycles. The molecule has 0 fully saturated rings. The number of nitrogen functional groups attached to an aromatic ring is 1. The lowest BCUT2D eigenvalue weighted by Gasteiger charge is -2.06. The quantitative estimate of drug-likeness (QED) is 0.848. The van der Waals surface area contributed by atoms with Crippen LogP contribution in [0.3, 0.4) is 0 Å². The lowest BCUT2D eigenvalue weighted by Crippen LogP contribution is -2.11. The fourth-order valence-electron chi connectivity index (χ4n) is 1.49. The van der Waals surface area contributed by atoms with Crippen molar-refractivity contribution in [2.75, 3.05) is 11.1 Å². The molecular formula is C11H10N4OS. The number of aryl methyl sites for hydroxylation is 1. The third-order valence-corrected chi connectivity index (χ3v) is 3.11. The van der Waals surface area contributed by atoms with Crippen LogP contribution in [0.5, 0.6) is 0 Å². The molecule has 2 aromatic rings. The molecule has 0 saturated carbocycles. The first-order valence-corrected chi connectivity index (χ1v) is 5.75. The zero-order valence-electron chi connectivity index (χ0n) is 9.15. The molecule has 1 heterocycles. The molecule has 0 aliphatic rings. The van der Waals surface area contributed by atoms with Crippen LogP contribution in [0.2, 0.25) is 0 Å². The first-order valence-electron chi connectivity index (χ1n) is 4.93. The topological polar surface area (TPSA) is 91.8 Å². The molecule has 1 amide bonds. The van der Waals surface area contributed by atoms with Crippen molar-refractivity contribution in [3.63, 3.8) is 0 Å². The van der Waals surface area contributed by atoms with Crippen molar-refractivity contribution < 1.29 is 4.79 Å². The Balaban J connectivity index is 2.37. The van der Waals surface area contributed by atoms with Crippen molar-refractivity contribution in [3.8, 4) is 6.07 Å². The average molecular weight is 246 g/mol. The molecule has 17 heavy (non-hydrogen) atoms. The van der Waals surface area contributed by atoms with Gasteiger partial charge in [0.2, 0.25) is 5.91 Å². The number of hydrogen-bond donors (Lipinski definition) is 2. The van der Waals surface area contributed by atoms with E-state index in [0.29, 0.717) is 10.8 Å². The van der Waals surface area contributed by atoms with E-state index in [-0.39, 0.29) is 12.3 Å². The van der Waals surface area contributed by atoms with Crippen LogP contribution < -0.4 is 11.1 Å². The first-order chi connectivity index (χ1) is 8.10. The van der Waals surface area contributed by atoms with Crippen LogP contribution in [0.1, 0.15) is 12.0 Å². The smallest absolute Gasteiger partial charge is 0.238 e. The van der Waals surface area contributed by atoms with Crippen LogP contribution in [-0.2, 0) is 4.79 Å². The molecule has 86 valence electrons. The lowest BCUT2D eigenvalue weighted by atomic mass is 10.2. The van der Waals surface area contributed by atoms with E-state index in [2.05, 4.69) is 10.3 Å². The number of nitrogens with zero attached hydrogens (tertiary/aromatic N) is 2. The predicted octanol–water partition coefficient (Wildman–Crippen LogP) is 2.04. The fourth-order valence-corrected chi connectivity index (χ4v) is 2.31. The van der Waals surface area contributed by atoms with Crippen molar-refractivity contribution >= 4 is 38.3 Å². The van der Waals surface area contributed by atoms with Gasteiger partial charge in [0.1, 0.15) is 6.42 Å². The normalized spacial score (nSPS) is 10.1. The van der Waals surface area contributed by atoms with Gasteiger partial charge in [0.15, 0.2) is 5.13 Å².